The van der Waals surface area contributed by atoms with E-state index in [1.165, 1.54) is 0 Å². The van der Waals surface area contributed by atoms with Crippen LogP contribution in [0.1, 0.15) is 20.3 Å². The first kappa shape index (κ1) is 13.5. The average Bonchev–Trinajstić information content (AvgIpc) is 2.16. The number of sulfonamides is 1. The van der Waals surface area contributed by atoms with Crippen molar-refractivity contribution in [2.75, 3.05) is 13.1 Å². The molecule has 0 N–H and O–H groups in total. The lowest BCUT2D eigenvalue weighted by atomic mass is 9.98. The fourth-order valence-corrected chi connectivity index (χ4v) is 2.45. The van der Waals surface area contributed by atoms with Gasteiger partial charge < -0.3 is 0 Å². The van der Waals surface area contributed by atoms with Crippen LogP contribution in [-0.2, 0) is 10.0 Å². The quantitative estimate of drug-likeness (QED) is 0.711. The van der Waals surface area contributed by atoms with Crippen LogP contribution < -0.4 is 0 Å². The van der Waals surface area contributed by atoms with Crippen molar-refractivity contribution in [3.63, 3.8) is 0 Å². The number of hydrogen-bond acceptors (Lipinski definition) is 2. The highest BCUT2D eigenvalue weighted by molar-refractivity contribution is 7.90. The second kappa shape index (κ2) is 4.37. The average molecular weight is 257 g/mol. The first-order valence-electron chi connectivity index (χ1n) is 4.91. The van der Waals surface area contributed by atoms with Crippen molar-refractivity contribution in [2.45, 2.75) is 25.8 Å². The van der Waals surface area contributed by atoms with Gasteiger partial charge in [-0.25, -0.2) is 8.42 Å². The summed E-state index contributed by atoms with van der Waals surface area (Å²) in [5.41, 5.74) is -4.19. The predicted octanol–water partition coefficient (Wildman–Crippen LogP) is 2.12. The Morgan fingerprint density at radius 1 is 1.38 bits per heavy atom. The molecular weight excluding hydrogens is 243 g/mol. The molecule has 0 atom stereocenters. The van der Waals surface area contributed by atoms with E-state index in [0.717, 1.165) is 5.57 Å². The van der Waals surface area contributed by atoms with Gasteiger partial charge in [0, 0.05) is 13.1 Å². The molecule has 0 spiro atoms. The van der Waals surface area contributed by atoms with Gasteiger partial charge in [0.2, 0.25) is 0 Å². The minimum Gasteiger partial charge on any atom is -0.203 e. The van der Waals surface area contributed by atoms with E-state index in [4.69, 9.17) is 0 Å². The van der Waals surface area contributed by atoms with Gasteiger partial charge in [-0.1, -0.05) is 25.5 Å². The summed E-state index contributed by atoms with van der Waals surface area (Å²) in [7, 11) is -5.16. The van der Waals surface area contributed by atoms with Gasteiger partial charge in [0.15, 0.2) is 0 Å². The molecule has 0 fully saturated rings. The first-order chi connectivity index (χ1) is 7.16. The molecule has 0 aliphatic carbocycles. The molecule has 0 radical (unpaired) electrons. The molecule has 0 unspecified atom stereocenters. The van der Waals surface area contributed by atoms with E-state index in [9.17, 15) is 21.6 Å². The highest BCUT2D eigenvalue weighted by Crippen LogP contribution is 2.29. The summed E-state index contributed by atoms with van der Waals surface area (Å²) in [6.45, 7) is 3.58. The van der Waals surface area contributed by atoms with Gasteiger partial charge >= 0.3 is 15.5 Å². The smallest absolute Gasteiger partial charge is 0.203 e. The van der Waals surface area contributed by atoms with E-state index < -0.39 is 15.5 Å². The van der Waals surface area contributed by atoms with Crippen LogP contribution in [0.4, 0.5) is 13.2 Å². The lowest BCUT2D eigenvalue weighted by molar-refractivity contribution is -0.0487. The standard InChI is InChI=1S/C9H14F3NO2S/c1-7(2)8-3-5-13(6-4-8)16(14,15)9(10,11)12/h3,7H,4-6H2,1-2H3. The Hall–Kier alpha value is -0.560. The molecule has 0 bridgehead atoms. The van der Waals surface area contributed by atoms with E-state index in [1.54, 1.807) is 6.08 Å². The predicted molar refractivity (Wildman–Crippen MR) is 54.1 cm³/mol. The highest BCUT2D eigenvalue weighted by Gasteiger charge is 2.49. The minimum atomic E-state index is -5.20. The molecule has 0 saturated heterocycles. The van der Waals surface area contributed by atoms with Crippen molar-refractivity contribution in [3.8, 4) is 0 Å². The Kier molecular flexibility index (Phi) is 3.69. The van der Waals surface area contributed by atoms with Crippen LogP contribution in [0.2, 0.25) is 0 Å². The summed E-state index contributed by atoms with van der Waals surface area (Å²) in [4.78, 5) is 0. The van der Waals surface area contributed by atoms with Crippen molar-refractivity contribution < 1.29 is 21.6 Å². The Labute approximate surface area is 93.0 Å². The Morgan fingerprint density at radius 2 is 1.94 bits per heavy atom. The summed E-state index contributed by atoms with van der Waals surface area (Å²) in [6.07, 6.45) is 1.93. The number of hydrogen-bond donors (Lipinski definition) is 0. The molecule has 0 aromatic heterocycles. The highest BCUT2D eigenvalue weighted by atomic mass is 32.2. The summed E-state index contributed by atoms with van der Waals surface area (Å²) in [5, 5.41) is 0. The minimum absolute atomic E-state index is 0.0914. The zero-order chi connectivity index (χ0) is 12.6. The molecule has 0 saturated carbocycles. The van der Waals surface area contributed by atoms with Crippen LogP contribution in [0.5, 0.6) is 0 Å². The zero-order valence-corrected chi connectivity index (χ0v) is 9.90. The van der Waals surface area contributed by atoms with Gasteiger partial charge in [0.05, 0.1) is 0 Å². The third-order valence-electron chi connectivity index (χ3n) is 2.58. The van der Waals surface area contributed by atoms with E-state index in [2.05, 4.69) is 0 Å². The van der Waals surface area contributed by atoms with Crippen molar-refractivity contribution in [2.24, 2.45) is 5.92 Å². The van der Waals surface area contributed by atoms with Crippen LogP contribution >= 0.6 is 0 Å². The third-order valence-corrected chi connectivity index (χ3v) is 4.18. The van der Waals surface area contributed by atoms with Gasteiger partial charge in [-0.05, 0) is 12.3 Å². The third kappa shape index (κ3) is 2.57. The molecule has 1 rings (SSSR count). The fourth-order valence-electron chi connectivity index (χ4n) is 1.56. The van der Waals surface area contributed by atoms with Crippen LogP contribution in [0.15, 0.2) is 11.6 Å². The van der Waals surface area contributed by atoms with Gasteiger partial charge in [-0.2, -0.15) is 17.5 Å². The van der Waals surface area contributed by atoms with Gasteiger partial charge in [-0.15, -0.1) is 0 Å². The SMILES string of the molecule is CC(C)C1=CCN(S(=O)(=O)C(F)(F)F)CC1. The fraction of sp³-hybridized carbons (Fsp3) is 0.778. The van der Waals surface area contributed by atoms with E-state index in [0.29, 0.717) is 10.7 Å². The number of nitrogens with zero attached hydrogens (tertiary/aromatic N) is 1. The summed E-state index contributed by atoms with van der Waals surface area (Å²) < 4.78 is 59.3. The topological polar surface area (TPSA) is 37.4 Å². The van der Waals surface area contributed by atoms with E-state index in [-0.39, 0.29) is 19.0 Å². The van der Waals surface area contributed by atoms with Crippen LogP contribution in [0.3, 0.4) is 0 Å². The van der Waals surface area contributed by atoms with Gasteiger partial charge in [0.25, 0.3) is 0 Å². The summed E-state index contributed by atoms with van der Waals surface area (Å²) >= 11 is 0. The summed E-state index contributed by atoms with van der Waals surface area (Å²) in [6, 6.07) is 0. The van der Waals surface area contributed by atoms with Crippen molar-refractivity contribution in [1.29, 1.82) is 0 Å². The molecular formula is C9H14F3NO2S. The largest absolute Gasteiger partial charge is 0.511 e. The molecule has 1 aliphatic heterocycles. The Morgan fingerprint density at radius 3 is 2.25 bits per heavy atom. The monoisotopic (exact) mass is 257 g/mol. The van der Waals surface area contributed by atoms with Crippen molar-refractivity contribution >= 4 is 10.0 Å². The maximum absolute atomic E-state index is 12.2. The Bertz CT molecular complexity index is 384. The molecule has 16 heavy (non-hydrogen) atoms. The van der Waals surface area contributed by atoms with E-state index in [1.807, 2.05) is 13.8 Å². The normalized spacial score (nSPS) is 20.0. The number of rotatable bonds is 2. The number of alkyl halides is 3. The molecule has 0 amide bonds. The van der Waals surface area contributed by atoms with Crippen LogP contribution in [0, 0.1) is 5.92 Å². The lowest BCUT2D eigenvalue weighted by Crippen LogP contribution is -2.43. The molecule has 1 heterocycles. The van der Waals surface area contributed by atoms with Crippen molar-refractivity contribution in [3.05, 3.63) is 11.6 Å². The molecule has 0 aromatic rings. The van der Waals surface area contributed by atoms with Crippen LogP contribution in [0.25, 0.3) is 0 Å². The second-order valence-electron chi connectivity index (χ2n) is 3.99. The maximum Gasteiger partial charge on any atom is 0.511 e. The summed E-state index contributed by atoms with van der Waals surface area (Å²) in [5.74, 6) is 0.246. The van der Waals surface area contributed by atoms with Crippen molar-refractivity contribution in [1.82, 2.24) is 4.31 Å². The molecule has 7 heteroatoms. The second-order valence-corrected chi connectivity index (χ2v) is 5.92. The van der Waals surface area contributed by atoms with E-state index >= 15 is 0 Å². The molecule has 1 aliphatic rings. The molecule has 0 aromatic carbocycles. The molecule has 3 nitrogen and oxygen atoms in total. The van der Waals surface area contributed by atoms with Crippen LogP contribution in [-0.4, -0.2) is 31.3 Å². The lowest BCUT2D eigenvalue weighted by Gasteiger charge is -2.27. The zero-order valence-electron chi connectivity index (χ0n) is 9.08. The number of halogens is 3. The van der Waals surface area contributed by atoms with Gasteiger partial charge in [0.1, 0.15) is 0 Å². The molecule has 94 valence electrons. The van der Waals surface area contributed by atoms with Gasteiger partial charge in [-0.3, -0.25) is 0 Å². The Balaban J connectivity index is 2.83. The maximum atomic E-state index is 12.2. The first-order valence-corrected chi connectivity index (χ1v) is 6.35.